The molecule has 1 aliphatic rings. The van der Waals surface area contributed by atoms with Crippen molar-refractivity contribution in [1.29, 1.82) is 0 Å². The first-order valence-electron chi connectivity index (χ1n) is 7.12. The van der Waals surface area contributed by atoms with Crippen molar-refractivity contribution in [2.75, 3.05) is 13.7 Å². The summed E-state index contributed by atoms with van der Waals surface area (Å²) in [5.74, 6) is 1.60. The Hall–Kier alpha value is -3.02. The van der Waals surface area contributed by atoms with E-state index in [9.17, 15) is 4.79 Å². The van der Waals surface area contributed by atoms with E-state index in [2.05, 4.69) is 10.5 Å². The topological polar surface area (TPSA) is 69.2 Å². The second kappa shape index (κ2) is 6.83. The number of benzene rings is 2. The molecule has 0 radical (unpaired) electrons. The number of nitrogens with one attached hydrogen (secondary N) is 1. The minimum atomic E-state index is -0.724. The number of methoxy groups -OCH3 is 1. The minimum Gasteiger partial charge on any atom is -0.497 e. The summed E-state index contributed by atoms with van der Waals surface area (Å²) in [7, 11) is 1.60. The number of rotatable bonds is 4. The molecule has 0 aliphatic carbocycles. The SMILES string of the molecule is COc1ccc(C=NNC(=O)C2COc3ccccc3O2)cc1. The van der Waals surface area contributed by atoms with E-state index in [1.165, 1.54) is 0 Å². The highest BCUT2D eigenvalue weighted by Crippen LogP contribution is 2.30. The predicted octanol–water partition coefficient (Wildman–Crippen LogP) is 1.99. The summed E-state index contributed by atoms with van der Waals surface area (Å²) in [6.07, 6.45) is 0.826. The van der Waals surface area contributed by atoms with Gasteiger partial charge in [0.2, 0.25) is 6.10 Å². The number of amides is 1. The molecule has 1 amide bonds. The van der Waals surface area contributed by atoms with E-state index < -0.39 is 6.10 Å². The van der Waals surface area contributed by atoms with Crippen molar-refractivity contribution in [1.82, 2.24) is 5.43 Å². The van der Waals surface area contributed by atoms with E-state index >= 15 is 0 Å². The molecule has 0 fully saturated rings. The van der Waals surface area contributed by atoms with E-state index in [4.69, 9.17) is 14.2 Å². The number of para-hydroxylation sites is 2. The largest absolute Gasteiger partial charge is 0.497 e. The zero-order valence-corrected chi connectivity index (χ0v) is 12.6. The van der Waals surface area contributed by atoms with Gasteiger partial charge in [0.15, 0.2) is 11.5 Å². The molecule has 1 heterocycles. The van der Waals surface area contributed by atoms with Crippen molar-refractivity contribution in [3.8, 4) is 17.2 Å². The standard InChI is InChI=1S/C17H16N2O4/c1-21-13-8-6-12(7-9-13)10-18-19-17(20)16-11-22-14-4-2-3-5-15(14)23-16/h2-10,16H,11H2,1H3,(H,19,20). The number of hydrogen-bond donors (Lipinski definition) is 1. The van der Waals surface area contributed by atoms with Crippen LogP contribution in [0.5, 0.6) is 17.2 Å². The molecule has 2 aromatic carbocycles. The van der Waals surface area contributed by atoms with Gasteiger partial charge in [-0.25, -0.2) is 5.43 Å². The lowest BCUT2D eigenvalue weighted by Gasteiger charge is -2.24. The Labute approximate surface area is 133 Å². The van der Waals surface area contributed by atoms with E-state index in [0.717, 1.165) is 11.3 Å². The molecule has 0 saturated heterocycles. The third-order valence-electron chi connectivity index (χ3n) is 3.31. The summed E-state index contributed by atoms with van der Waals surface area (Å²) < 4.78 is 16.2. The minimum absolute atomic E-state index is 0.154. The molecular weight excluding hydrogens is 296 g/mol. The number of ether oxygens (including phenoxy) is 3. The molecule has 118 valence electrons. The maximum absolute atomic E-state index is 12.0. The Bertz CT molecular complexity index is 713. The molecule has 2 aromatic rings. The Balaban J connectivity index is 1.56. The molecule has 23 heavy (non-hydrogen) atoms. The van der Waals surface area contributed by atoms with Crippen LogP contribution in [0.4, 0.5) is 0 Å². The molecule has 6 heteroatoms. The fraction of sp³-hybridized carbons (Fsp3) is 0.176. The van der Waals surface area contributed by atoms with Gasteiger partial charge in [-0.1, -0.05) is 12.1 Å². The van der Waals surface area contributed by atoms with Crippen molar-refractivity contribution < 1.29 is 19.0 Å². The maximum atomic E-state index is 12.0. The second-order valence-corrected chi connectivity index (χ2v) is 4.87. The van der Waals surface area contributed by atoms with Gasteiger partial charge in [-0.05, 0) is 42.0 Å². The molecule has 1 N–H and O–H groups in total. The molecule has 1 atom stereocenters. The lowest BCUT2D eigenvalue weighted by Crippen LogP contribution is -2.42. The molecule has 1 aliphatic heterocycles. The zero-order chi connectivity index (χ0) is 16.1. The Morgan fingerprint density at radius 3 is 2.70 bits per heavy atom. The highest BCUT2D eigenvalue weighted by Gasteiger charge is 2.26. The summed E-state index contributed by atoms with van der Waals surface area (Å²) in [5, 5.41) is 3.93. The Morgan fingerprint density at radius 2 is 1.96 bits per heavy atom. The van der Waals surface area contributed by atoms with Crippen LogP contribution in [-0.2, 0) is 4.79 Å². The van der Waals surface area contributed by atoms with Crippen LogP contribution < -0.4 is 19.6 Å². The van der Waals surface area contributed by atoms with Gasteiger partial charge >= 0.3 is 0 Å². The van der Waals surface area contributed by atoms with E-state index in [1.807, 2.05) is 36.4 Å². The van der Waals surface area contributed by atoms with Crippen molar-refractivity contribution >= 4 is 12.1 Å². The lowest BCUT2D eigenvalue weighted by atomic mass is 10.2. The lowest BCUT2D eigenvalue weighted by molar-refractivity contribution is -0.130. The van der Waals surface area contributed by atoms with Crippen LogP contribution in [0.2, 0.25) is 0 Å². The van der Waals surface area contributed by atoms with Gasteiger partial charge in [-0.15, -0.1) is 0 Å². The molecule has 0 bridgehead atoms. The van der Waals surface area contributed by atoms with Gasteiger partial charge in [0.25, 0.3) is 5.91 Å². The second-order valence-electron chi connectivity index (χ2n) is 4.87. The molecule has 0 saturated carbocycles. The molecule has 6 nitrogen and oxygen atoms in total. The van der Waals surface area contributed by atoms with E-state index in [0.29, 0.717) is 11.5 Å². The van der Waals surface area contributed by atoms with E-state index in [-0.39, 0.29) is 12.5 Å². The van der Waals surface area contributed by atoms with Crippen LogP contribution in [0.3, 0.4) is 0 Å². The van der Waals surface area contributed by atoms with Crippen molar-refractivity contribution in [2.24, 2.45) is 5.10 Å². The summed E-state index contributed by atoms with van der Waals surface area (Å²) in [6, 6.07) is 14.5. The summed E-state index contributed by atoms with van der Waals surface area (Å²) in [6.45, 7) is 0.154. The van der Waals surface area contributed by atoms with Crippen LogP contribution in [0.15, 0.2) is 53.6 Å². The fourth-order valence-electron chi connectivity index (χ4n) is 2.08. The fourth-order valence-corrected chi connectivity index (χ4v) is 2.08. The average molecular weight is 312 g/mol. The number of fused-ring (bicyclic) bond motifs is 1. The zero-order valence-electron chi connectivity index (χ0n) is 12.6. The first-order valence-corrected chi connectivity index (χ1v) is 7.12. The molecular formula is C17H16N2O4. The average Bonchev–Trinajstić information content (AvgIpc) is 2.61. The van der Waals surface area contributed by atoms with Gasteiger partial charge < -0.3 is 14.2 Å². The van der Waals surface area contributed by atoms with Crippen LogP contribution >= 0.6 is 0 Å². The summed E-state index contributed by atoms with van der Waals surface area (Å²) in [5.41, 5.74) is 3.30. The third-order valence-corrected chi connectivity index (χ3v) is 3.31. The van der Waals surface area contributed by atoms with Crippen LogP contribution in [0.1, 0.15) is 5.56 Å². The van der Waals surface area contributed by atoms with Crippen LogP contribution in [-0.4, -0.2) is 31.9 Å². The molecule has 0 aromatic heterocycles. The highest BCUT2D eigenvalue weighted by molar-refractivity contribution is 5.85. The van der Waals surface area contributed by atoms with Crippen molar-refractivity contribution in [3.05, 3.63) is 54.1 Å². The number of carbonyl (C=O) groups is 1. The molecule has 3 rings (SSSR count). The monoisotopic (exact) mass is 312 g/mol. The number of carbonyl (C=O) groups excluding carboxylic acids is 1. The van der Waals surface area contributed by atoms with Gasteiger partial charge in [0.05, 0.1) is 13.3 Å². The number of hydrogen-bond acceptors (Lipinski definition) is 5. The summed E-state index contributed by atoms with van der Waals surface area (Å²) in [4.78, 5) is 12.0. The first-order chi connectivity index (χ1) is 11.3. The Morgan fingerprint density at radius 1 is 1.22 bits per heavy atom. The maximum Gasteiger partial charge on any atom is 0.284 e. The molecule has 1 unspecified atom stereocenters. The molecule has 0 spiro atoms. The van der Waals surface area contributed by atoms with Gasteiger partial charge in [-0.3, -0.25) is 4.79 Å². The Kier molecular flexibility index (Phi) is 4.42. The first kappa shape index (κ1) is 14.9. The van der Waals surface area contributed by atoms with Crippen molar-refractivity contribution in [2.45, 2.75) is 6.10 Å². The third kappa shape index (κ3) is 3.60. The van der Waals surface area contributed by atoms with Crippen LogP contribution in [0, 0.1) is 0 Å². The van der Waals surface area contributed by atoms with Crippen molar-refractivity contribution in [3.63, 3.8) is 0 Å². The van der Waals surface area contributed by atoms with Gasteiger partial charge in [0, 0.05) is 0 Å². The number of hydrazone groups is 1. The van der Waals surface area contributed by atoms with Crippen LogP contribution in [0.25, 0.3) is 0 Å². The number of nitrogens with zero attached hydrogens (tertiary/aromatic N) is 1. The normalized spacial score (nSPS) is 16.1. The quantitative estimate of drug-likeness (QED) is 0.692. The summed E-state index contributed by atoms with van der Waals surface area (Å²) >= 11 is 0. The van der Waals surface area contributed by atoms with Gasteiger partial charge in [-0.2, -0.15) is 5.10 Å². The highest BCUT2D eigenvalue weighted by atomic mass is 16.6. The predicted molar refractivity (Wildman–Crippen MR) is 85.1 cm³/mol. The smallest absolute Gasteiger partial charge is 0.284 e. The van der Waals surface area contributed by atoms with E-state index in [1.54, 1.807) is 25.5 Å². The van der Waals surface area contributed by atoms with Gasteiger partial charge in [0.1, 0.15) is 12.4 Å².